The number of rotatable bonds is 10. The molecule has 0 spiro atoms. The Kier molecular flexibility index (Phi) is 9.59. The van der Waals surface area contributed by atoms with Crippen LogP contribution in [0, 0.1) is 18.3 Å². The maximum Gasteiger partial charge on any atom is 0.263 e. The number of halogens is 1. The van der Waals surface area contributed by atoms with Gasteiger partial charge < -0.3 is 15.4 Å². The van der Waals surface area contributed by atoms with Crippen LogP contribution in [0.1, 0.15) is 31.7 Å². The molecule has 0 aliphatic carbocycles. The van der Waals surface area contributed by atoms with Gasteiger partial charge in [-0.05, 0) is 37.5 Å². The molecule has 0 aliphatic rings. The number of nitrogens with zero attached hydrogens (tertiary/aromatic N) is 1. The van der Waals surface area contributed by atoms with Gasteiger partial charge in [-0.15, -0.1) is 0 Å². The van der Waals surface area contributed by atoms with Gasteiger partial charge in [0.25, 0.3) is 5.91 Å². The summed E-state index contributed by atoms with van der Waals surface area (Å²) in [4.78, 5) is 12.0. The molecule has 0 unspecified atom stereocenters. The SMILES string of the molecule is CCCCOCCCNC(=O)/C(C#N)=C\Nc1cccc(Cl)c1C. The van der Waals surface area contributed by atoms with Crippen molar-refractivity contribution in [2.24, 2.45) is 0 Å². The maximum absolute atomic E-state index is 12.0. The molecule has 0 atom stereocenters. The van der Waals surface area contributed by atoms with Crippen LogP contribution < -0.4 is 10.6 Å². The molecule has 1 aromatic carbocycles. The van der Waals surface area contributed by atoms with Crippen molar-refractivity contribution in [2.75, 3.05) is 25.1 Å². The van der Waals surface area contributed by atoms with Gasteiger partial charge in [0.2, 0.25) is 0 Å². The second-order valence-corrected chi connectivity index (χ2v) is 5.71. The molecule has 0 aliphatic heterocycles. The lowest BCUT2D eigenvalue weighted by atomic mass is 10.2. The zero-order valence-corrected chi connectivity index (χ0v) is 14.9. The molecule has 0 aromatic heterocycles. The van der Waals surface area contributed by atoms with E-state index >= 15 is 0 Å². The van der Waals surface area contributed by atoms with E-state index in [4.69, 9.17) is 21.6 Å². The quantitative estimate of drug-likeness (QED) is 0.383. The number of amides is 1. The number of unbranched alkanes of at least 4 members (excludes halogenated alkanes) is 1. The summed E-state index contributed by atoms with van der Waals surface area (Å²) >= 11 is 6.04. The zero-order valence-electron chi connectivity index (χ0n) is 14.2. The lowest BCUT2D eigenvalue weighted by Crippen LogP contribution is -2.26. The normalized spacial score (nSPS) is 11.0. The van der Waals surface area contributed by atoms with E-state index in [1.165, 1.54) is 6.20 Å². The van der Waals surface area contributed by atoms with E-state index in [1.807, 2.05) is 19.1 Å². The minimum Gasteiger partial charge on any atom is -0.381 e. The average Bonchev–Trinajstić information content (AvgIpc) is 2.58. The van der Waals surface area contributed by atoms with Crippen molar-refractivity contribution in [1.29, 1.82) is 5.26 Å². The van der Waals surface area contributed by atoms with E-state index in [0.717, 1.165) is 37.1 Å². The third-order valence-electron chi connectivity index (χ3n) is 3.40. The number of benzene rings is 1. The molecule has 1 rings (SSSR count). The summed E-state index contributed by atoms with van der Waals surface area (Å²) in [5, 5.41) is 15.4. The lowest BCUT2D eigenvalue weighted by Gasteiger charge is -2.08. The van der Waals surface area contributed by atoms with Crippen LogP contribution in [-0.4, -0.2) is 25.7 Å². The molecule has 2 N–H and O–H groups in total. The van der Waals surface area contributed by atoms with Crippen molar-refractivity contribution >= 4 is 23.2 Å². The predicted octanol–water partition coefficient (Wildman–Crippen LogP) is 3.79. The first-order valence-corrected chi connectivity index (χ1v) is 8.45. The van der Waals surface area contributed by atoms with Crippen molar-refractivity contribution in [3.63, 3.8) is 0 Å². The van der Waals surface area contributed by atoms with Crippen LogP contribution in [0.4, 0.5) is 5.69 Å². The Morgan fingerprint density at radius 1 is 1.38 bits per heavy atom. The van der Waals surface area contributed by atoms with Crippen molar-refractivity contribution in [3.8, 4) is 6.07 Å². The Morgan fingerprint density at radius 2 is 2.12 bits per heavy atom. The Labute approximate surface area is 148 Å². The molecule has 0 bridgehead atoms. The summed E-state index contributed by atoms with van der Waals surface area (Å²) in [6, 6.07) is 7.31. The lowest BCUT2D eigenvalue weighted by molar-refractivity contribution is -0.117. The Hall–Kier alpha value is -2.03. The maximum atomic E-state index is 12.0. The van der Waals surface area contributed by atoms with Crippen LogP contribution in [-0.2, 0) is 9.53 Å². The first-order valence-electron chi connectivity index (χ1n) is 8.08. The van der Waals surface area contributed by atoms with E-state index < -0.39 is 5.91 Å². The molecular weight excluding hydrogens is 326 g/mol. The molecule has 0 radical (unpaired) electrons. The van der Waals surface area contributed by atoms with Gasteiger partial charge in [0.05, 0.1) is 0 Å². The second kappa shape index (κ2) is 11.5. The highest BCUT2D eigenvalue weighted by molar-refractivity contribution is 6.31. The van der Waals surface area contributed by atoms with Crippen molar-refractivity contribution in [1.82, 2.24) is 5.32 Å². The Bertz CT molecular complexity index is 609. The fraction of sp³-hybridized carbons (Fsp3) is 0.444. The highest BCUT2D eigenvalue weighted by atomic mass is 35.5. The monoisotopic (exact) mass is 349 g/mol. The van der Waals surface area contributed by atoms with Gasteiger partial charge in [0.1, 0.15) is 11.6 Å². The third-order valence-corrected chi connectivity index (χ3v) is 3.81. The Morgan fingerprint density at radius 3 is 2.83 bits per heavy atom. The smallest absolute Gasteiger partial charge is 0.263 e. The van der Waals surface area contributed by atoms with E-state index in [9.17, 15) is 4.79 Å². The number of carbonyl (C=O) groups is 1. The largest absolute Gasteiger partial charge is 0.381 e. The molecule has 0 heterocycles. The van der Waals surface area contributed by atoms with E-state index in [2.05, 4.69) is 17.6 Å². The summed E-state index contributed by atoms with van der Waals surface area (Å²) in [7, 11) is 0. The van der Waals surface area contributed by atoms with Gasteiger partial charge in [-0.3, -0.25) is 4.79 Å². The average molecular weight is 350 g/mol. The van der Waals surface area contributed by atoms with Crippen molar-refractivity contribution in [3.05, 3.63) is 40.6 Å². The summed E-state index contributed by atoms with van der Waals surface area (Å²) < 4.78 is 5.42. The molecule has 24 heavy (non-hydrogen) atoms. The van der Waals surface area contributed by atoms with Crippen molar-refractivity contribution < 1.29 is 9.53 Å². The highest BCUT2D eigenvalue weighted by Crippen LogP contribution is 2.22. The summed E-state index contributed by atoms with van der Waals surface area (Å²) in [5.74, 6) is -0.404. The number of hydrogen-bond donors (Lipinski definition) is 2. The summed E-state index contributed by atoms with van der Waals surface area (Å²) in [6.07, 6.45) is 4.26. The van der Waals surface area contributed by atoms with E-state index in [-0.39, 0.29) is 5.57 Å². The number of nitriles is 1. The fourth-order valence-corrected chi connectivity index (χ4v) is 2.06. The molecule has 130 valence electrons. The molecule has 0 fully saturated rings. The van der Waals surface area contributed by atoms with Crippen LogP contribution in [0.2, 0.25) is 5.02 Å². The predicted molar refractivity (Wildman–Crippen MR) is 96.9 cm³/mol. The third kappa shape index (κ3) is 7.03. The molecular formula is C18H24ClN3O2. The molecule has 1 aromatic rings. The van der Waals surface area contributed by atoms with Crippen LogP contribution in [0.15, 0.2) is 30.0 Å². The number of ether oxygens (including phenoxy) is 1. The first-order chi connectivity index (χ1) is 11.6. The number of anilines is 1. The van der Waals surface area contributed by atoms with Crippen LogP contribution >= 0.6 is 11.6 Å². The van der Waals surface area contributed by atoms with Gasteiger partial charge in [0.15, 0.2) is 0 Å². The first kappa shape index (κ1) is 20.0. The molecule has 1 amide bonds. The molecule has 6 heteroatoms. The van der Waals surface area contributed by atoms with Gasteiger partial charge >= 0.3 is 0 Å². The second-order valence-electron chi connectivity index (χ2n) is 5.30. The standard InChI is InChI=1S/C18H24ClN3O2/c1-3-4-10-24-11-6-9-21-18(23)15(12-20)13-22-17-8-5-7-16(19)14(17)2/h5,7-8,13,22H,3-4,6,9-11H2,1-2H3,(H,21,23)/b15-13-. The minimum absolute atomic E-state index is 0.0151. The van der Waals surface area contributed by atoms with Gasteiger partial charge in [0, 0.05) is 36.7 Å². The zero-order chi connectivity index (χ0) is 17.8. The van der Waals surface area contributed by atoms with Gasteiger partial charge in [-0.1, -0.05) is 31.0 Å². The number of hydrogen-bond acceptors (Lipinski definition) is 4. The topological polar surface area (TPSA) is 74.1 Å². The summed E-state index contributed by atoms with van der Waals surface area (Å²) in [6.45, 7) is 5.80. The number of carbonyl (C=O) groups excluding carboxylic acids is 1. The van der Waals surface area contributed by atoms with Crippen LogP contribution in [0.5, 0.6) is 0 Å². The highest BCUT2D eigenvalue weighted by Gasteiger charge is 2.08. The van der Waals surface area contributed by atoms with Crippen LogP contribution in [0.3, 0.4) is 0 Å². The van der Waals surface area contributed by atoms with Gasteiger partial charge in [-0.2, -0.15) is 5.26 Å². The van der Waals surface area contributed by atoms with E-state index in [1.54, 1.807) is 12.1 Å². The fourth-order valence-electron chi connectivity index (χ4n) is 1.88. The molecule has 5 nitrogen and oxygen atoms in total. The molecule has 0 saturated carbocycles. The van der Waals surface area contributed by atoms with Crippen LogP contribution in [0.25, 0.3) is 0 Å². The van der Waals surface area contributed by atoms with Gasteiger partial charge in [-0.25, -0.2) is 0 Å². The molecule has 0 saturated heterocycles. The van der Waals surface area contributed by atoms with Crippen molar-refractivity contribution in [2.45, 2.75) is 33.1 Å². The minimum atomic E-state index is -0.404. The summed E-state index contributed by atoms with van der Waals surface area (Å²) in [5.41, 5.74) is 1.63. The number of nitrogens with one attached hydrogen (secondary N) is 2. The van der Waals surface area contributed by atoms with E-state index in [0.29, 0.717) is 18.2 Å². The Balaban J connectivity index is 2.43.